The molecule has 0 atom stereocenters. The summed E-state index contributed by atoms with van der Waals surface area (Å²) in [5.41, 5.74) is 2.62. The smallest absolute Gasteiger partial charge is 0.278 e. The van der Waals surface area contributed by atoms with Crippen molar-refractivity contribution >= 4 is 52.5 Å². The minimum absolute atomic E-state index is 0.0457. The van der Waals surface area contributed by atoms with Gasteiger partial charge in [0.25, 0.3) is 11.8 Å². The van der Waals surface area contributed by atoms with E-state index in [1.54, 1.807) is 24.3 Å². The number of amides is 2. The van der Waals surface area contributed by atoms with Crippen molar-refractivity contribution in [2.45, 2.75) is 25.5 Å². The average molecular weight is 503 g/mol. The number of benzene rings is 2. The van der Waals surface area contributed by atoms with Crippen molar-refractivity contribution in [2.24, 2.45) is 0 Å². The Labute approximate surface area is 203 Å². The molecule has 1 N–H and O–H groups in total. The van der Waals surface area contributed by atoms with Crippen molar-refractivity contribution in [3.63, 3.8) is 0 Å². The summed E-state index contributed by atoms with van der Waals surface area (Å²) in [6, 6.07) is 12.6. The van der Waals surface area contributed by atoms with Crippen LogP contribution in [0.3, 0.4) is 0 Å². The number of carbonyl (C=O) groups excluding carboxylic acids is 2. The van der Waals surface area contributed by atoms with Gasteiger partial charge in [0, 0.05) is 22.1 Å². The summed E-state index contributed by atoms with van der Waals surface area (Å²) >= 11 is 12.8. The van der Waals surface area contributed by atoms with E-state index < -0.39 is 17.6 Å². The number of thioether (sulfide) groups is 1. The fourth-order valence-electron chi connectivity index (χ4n) is 3.22. The van der Waals surface area contributed by atoms with E-state index in [2.05, 4.69) is 15.3 Å². The standard InChI is InChI=1S/C23H17Cl2FN4O2S/c1-12-9-13(2)28-23(27-12)33-20-19(29-16-7-8-18(26)17(25)10-16)21(31)30(22(20)32)11-14-3-5-15(24)6-4-14/h3-10,29H,11H2,1-2H3. The second kappa shape index (κ2) is 9.51. The zero-order valence-corrected chi connectivity index (χ0v) is 19.9. The van der Waals surface area contributed by atoms with Crippen LogP contribution in [0.2, 0.25) is 10.0 Å². The molecule has 0 saturated carbocycles. The number of anilines is 1. The second-order valence-electron chi connectivity index (χ2n) is 7.32. The highest BCUT2D eigenvalue weighted by atomic mass is 35.5. The van der Waals surface area contributed by atoms with Crippen LogP contribution in [0.1, 0.15) is 17.0 Å². The van der Waals surface area contributed by atoms with Gasteiger partial charge in [-0.2, -0.15) is 0 Å². The Morgan fingerprint density at radius 2 is 1.64 bits per heavy atom. The number of carbonyl (C=O) groups is 2. The van der Waals surface area contributed by atoms with Crippen LogP contribution in [0.25, 0.3) is 0 Å². The highest BCUT2D eigenvalue weighted by Gasteiger charge is 2.39. The molecule has 1 aromatic heterocycles. The van der Waals surface area contributed by atoms with Crippen LogP contribution in [-0.2, 0) is 16.1 Å². The van der Waals surface area contributed by atoms with Crippen molar-refractivity contribution in [2.75, 3.05) is 5.32 Å². The van der Waals surface area contributed by atoms with E-state index in [4.69, 9.17) is 23.2 Å². The minimum atomic E-state index is -0.590. The van der Waals surface area contributed by atoms with E-state index in [1.165, 1.54) is 18.2 Å². The maximum Gasteiger partial charge on any atom is 0.278 e. The van der Waals surface area contributed by atoms with Crippen molar-refractivity contribution in [3.05, 3.63) is 91.9 Å². The van der Waals surface area contributed by atoms with E-state index in [0.29, 0.717) is 15.9 Å². The number of rotatable bonds is 6. The van der Waals surface area contributed by atoms with Gasteiger partial charge in [0.2, 0.25) is 0 Å². The maximum absolute atomic E-state index is 13.6. The number of aryl methyl sites for hydroxylation is 2. The number of halogens is 3. The summed E-state index contributed by atoms with van der Waals surface area (Å²) in [6.07, 6.45) is 0. The second-order valence-corrected chi connectivity index (χ2v) is 9.14. The molecule has 0 saturated heterocycles. The molecule has 0 bridgehead atoms. The molecule has 33 heavy (non-hydrogen) atoms. The number of nitrogens with one attached hydrogen (secondary N) is 1. The van der Waals surface area contributed by atoms with Crippen LogP contribution in [0.15, 0.2) is 64.3 Å². The molecule has 0 radical (unpaired) electrons. The first-order valence-electron chi connectivity index (χ1n) is 9.78. The van der Waals surface area contributed by atoms with Crippen LogP contribution < -0.4 is 5.32 Å². The minimum Gasteiger partial charge on any atom is -0.350 e. The Hall–Kier alpha value is -2.94. The highest BCUT2D eigenvalue weighted by molar-refractivity contribution is 8.04. The molecule has 2 amide bonds. The Morgan fingerprint density at radius 3 is 2.27 bits per heavy atom. The Morgan fingerprint density at radius 1 is 0.970 bits per heavy atom. The lowest BCUT2D eigenvalue weighted by molar-refractivity contribution is -0.137. The normalized spacial score (nSPS) is 13.8. The molecule has 0 spiro atoms. The van der Waals surface area contributed by atoms with Crippen molar-refractivity contribution in [3.8, 4) is 0 Å². The Balaban J connectivity index is 1.70. The molecule has 4 rings (SSSR count). The predicted octanol–water partition coefficient (Wildman–Crippen LogP) is 5.52. The molecule has 0 fully saturated rings. The lowest BCUT2D eigenvalue weighted by Gasteiger charge is -2.15. The first-order valence-corrected chi connectivity index (χ1v) is 11.4. The quantitative estimate of drug-likeness (QED) is 0.353. The molecule has 1 aliphatic heterocycles. The van der Waals surface area contributed by atoms with Gasteiger partial charge in [-0.1, -0.05) is 35.3 Å². The van der Waals surface area contributed by atoms with E-state index in [9.17, 15) is 14.0 Å². The summed E-state index contributed by atoms with van der Waals surface area (Å²) in [6.45, 7) is 3.70. The molecule has 3 aromatic rings. The van der Waals surface area contributed by atoms with Gasteiger partial charge in [-0.3, -0.25) is 14.5 Å². The van der Waals surface area contributed by atoms with Gasteiger partial charge in [0.05, 0.1) is 11.6 Å². The van der Waals surface area contributed by atoms with Gasteiger partial charge in [-0.05, 0) is 67.6 Å². The van der Waals surface area contributed by atoms with Gasteiger partial charge >= 0.3 is 0 Å². The van der Waals surface area contributed by atoms with Gasteiger partial charge in [0.15, 0.2) is 5.16 Å². The van der Waals surface area contributed by atoms with Crippen LogP contribution in [0, 0.1) is 19.7 Å². The predicted molar refractivity (Wildman–Crippen MR) is 126 cm³/mol. The SMILES string of the molecule is Cc1cc(C)nc(SC2=C(Nc3ccc(F)c(Cl)c3)C(=O)N(Cc3ccc(Cl)cc3)C2=O)n1. The third-order valence-electron chi connectivity index (χ3n) is 4.72. The molecule has 0 aliphatic carbocycles. The molecule has 1 aliphatic rings. The fourth-order valence-corrected chi connectivity index (χ4v) is 4.53. The maximum atomic E-state index is 13.6. The zero-order valence-electron chi connectivity index (χ0n) is 17.5. The van der Waals surface area contributed by atoms with Crippen LogP contribution in [0.4, 0.5) is 10.1 Å². The molecule has 6 nitrogen and oxygen atoms in total. The molecule has 0 unspecified atom stereocenters. The molecule has 168 valence electrons. The van der Waals surface area contributed by atoms with E-state index >= 15 is 0 Å². The van der Waals surface area contributed by atoms with Crippen molar-refractivity contribution < 1.29 is 14.0 Å². The summed E-state index contributed by atoms with van der Waals surface area (Å²) < 4.78 is 13.6. The molecular weight excluding hydrogens is 486 g/mol. The van der Waals surface area contributed by atoms with Gasteiger partial charge in [-0.25, -0.2) is 14.4 Å². The van der Waals surface area contributed by atoms with Crippen LogP contribution >= 0.6 is 35.0 Å². The number of nitrogens with zero attached hydrogens (tertiary/aromatic N) is 3. The van der Waals surface area contributed by atoms with Crippen LogP contribution in [0.5, 0.6) is 0 Å². The summed E-state index contributed by atoms with van der Waals surface area (Å²) in [4.78, 5) is 36.6. The van der Waals surface area contributed by atoms with Gasteiger partial charge < -0.3 is 5.32 Å². The summed E-state index contributed by atoms with van der Waals surface area (Å²) in [5, 5.41) is 3.72. The lowest BCUT2D eigenvalue weighted by atomic mass is 10.2. The summed E-state index contributed by atoms with van der Waals surface area (Å²) in [7, 11) is 0. The highest BCUT2D eigenvalue weighted by Crippen LogP contribution is 2.35. The first-order chi connectivity index (χ1) is 15.7. The third-order valence-corrected chi connectivity index (χ3v) is 6.21. The Kier molecular flexibility index (Phi) is 6.69. The number of aromatic nitrogens is 2. The zero-order chi connectivity index (χ0) is 23.7. The molecule has 2 aromatic carbocycles. The van der Waals surface area contributed by atoms with Gasteiger partial charge in [0.1, 0.15) is 16.4 Å². The first kappa shape index (κ1) is 23.2. The molecular formula is C23H17Cl2FN4O2S. The summed E-state index contributed by atoms with van der Waals surface area (Å²) in [5.74, 6) is -1.60. The molecule has 10 heteroatoms. The monoisotopic (exact) mass is 502 g/mol. The number of hydrogen-bond acceptors (Lipinski definition) is 6. The largest absolute Gasteiger partial charge is 0.350 e. The van der Waals surface area contributed by atoms with Crippen molar-refractivity contribution in [1.82, 2.24) is 14.9 Å². The Bertz CT molecular complexity index is 1280. The van der Waals surface area contributed by atoms with Crippen LogP contribution in [-0.4, -0.2) is 26.7 Å². The topological polar surface area (TPSA) is 75.2 Å². The molecule has 2 heterocycles. The fraction of sp³-hybridized carbons (Fsp3) is 0.130. The van der Waals surface area contributed by atoms with Crippen molar-refractivity contribution in [1.29, 1.82) is 0 Å². The average Bonchev–Trinajstić information content (AvgIpc) is 2.96. The third kappa shape index (κ3) is 5.19. The number of hydrogen-bond donors (Lipinski definition) is 1. The number of imide groups is 1. The van der Waals surface area contributed by atoms with E-state index in [0.717, 1.165) is 33.6 Å². The lowest BCUT2D eigenvalue weighted by Crippen LogP contribution is -2.31. The van der Waals surface area contributed by atoms with E-state index in [-0.39, 0.29) is 22.2 Å². The van der Waals surface area contributed by atoms with Gasteiger partial charge in [-0.15, -0.1) is 0 Å². The van der Waals surface area contributed by atoms with E-state index in [1.807, 2.05) is 19.9 Å².